The van der Waals surface area contributed by atoms with Crippen molar-refractivity contribution in [3.05, 3.63) is 42.9 Å². The highest BCUT2D eigenvalue weighted by molar-refractivity contribution is 5.81. The van der Waals surface area contributed by atoms with Crippen LogP contribution in [0.5, 0.6) is 0 Å². The number of rotatable bonds is 0. The number of benzene rings is 1. The summed E-state index contributed by atoms with van der Waals surface area (Å²) in [6, 6.07) is 7.74. The SMILES string of the molecule is [CH2]c1cccc2nnccc12. The van der Waals surface area contributed by atoms with Crippen LogP contribution in [0.1, 0.15) is 5.56 Å². The second kappa shape index (κ2) is 2.31. The van der Waals surface area contributed by atoms with Gasteiger partial charge < -0.3 is 0 Å². The first-order chi connectivity index (χ1) is 5.38. The third kappa shape index (κ3) is 0.963. The summed E-state index contributed by atoms with van der Waals surface area (Å²) in [5.74, 6) is 0. The molecule has 0 atom stereocenters. The lowest BCUT2D eigenvalue weighted by molar-refractivity contribution is 1.08. The van der Waals surface area contributed by atoms with Gasteiger partial charge in [0.05, 0.1) is 11.7 Å². The lowest BCUT2D eigenvalue weighted by Gasteiger charge is -1.96. The van der Waals surface area contributed by atoms with Gasteiger partial charge in [0, 0.05) is 5.39 Å². The molecule has 0 aliphatic carbocycles. The molecular formula is C9H7N2. The monoisotopic (exact) mass is 143 g/mol. The van der Waals surface area contributed by atoms with Crippen molar-refractivity contribution in [2.45, 2.75) is 0 Å². The molecule has 11 heavy (non-hydrogen) atoms. The fourth-order valence-corrected chi connectivity index (χ4v) is 1.08. The minimum atomic E-state index is 0.903. The van der Waals surface area contributed by atoms with E-state index >= 15 is 0 Å². The first-order valence-corrected chi connectivity index (χ1v) is 3.40. The Balaban J connectivity index is 2.91. The van der Waals surface area contributed by atoms with Crippen LogP contribution in [0.3, 0.4) is 0 Å². The van der Waals surface area contributed by atoms with Crippen LogP contribution in [0.15, 0.2) is 30.5 Å². The summed E-state index contributed by atoms with van der Waals surface area (Å²) < 4.78 is 0. The van der Waals surface area contributed by atoms with Gasteiger partial charge >= 0.3 is 0 Å². The van der Waals surface area contributed by atoms with Gasteiger partial charge in [-0.1, -0.05) is 12.1 Å². The zero-order valence-corrected chi connectivity index (χ0v) is 5.99. The van der Waals surface area contributed by atoms with E-state index in [1.807, 2.05) is 24.3 Å². The summed E-state index contributed by atoms with van der Waals surface area (Å²) in [4.78, 5) is 0. The molecule has 1 heterocycles. The molecule has 1 radical (unpaired) electrons. The molecule has 53 valence electrons. The molecule has 0 amide bonds. The number of nitrogens with zero attached hydrogens (tertiary/aromatic N) is 2. The van der Waals surface area contributed by atoms with Crippen molar-refractivity contribution in [2.24, 2.45) is 0 Å². The molecular weight excluding hydrogens is 136 g/mol. The normalized spacial score (nSPS) is 10.3. The Morgan fingerprint density at radius 3 is 2.91 bits per heavy atom. The van der Waals surface area contributed by atoms with E-state index in [-0.39, 0.29) is 0 Å². The van der Waals surface area contributed by atoms with Gasteiger partial charge in [-0.2, -0.15) is 10.2 Å². The van der Waals surface area contributed by atoms with E-state index in [9.17, 15) is 0 Å². The van der Waals surface area contributed by atoms with Crippen molar-refractivity contribution in [3.8, 4) is 0 Å². The van der Waals surface area contributed by atoms with Crippen LogP contribution in [-0.2, 0) is 0 Å². The second-order valence-corrected chi connectivity index (χ2v) is 2.38. The van der Waals surface area contributed by atoms with Gasteiger partial charge in [0.15, 0.2) is 0 Å². The quantitative estimate of drug-likeness (QED) is 0.562. The van der Waals surface area contributed by atoms with E-state index in [1.54, 1.807) is 6.20 Å². The first kappa shape index (κ1) is 6.28. The second-order valence-electron chi connectivity index (χ2n) is 2.38. The topological polar surface area (TPSA) is 25.8 Å². The molecule has 0 aliphatic heterocycles. The molecule has 0 saturated heterocycles. The maximum Gasteiger partial charge on any atom is 0.0932 e. The Bertz CT molecular complexity index is 377. The summed E-state index contributed by atoms with van der Waals surface area (Å²) in [5.41, 5.74) is 1.90. The van der Waals surface area contributed by atoms with Crippen LogP contribution >= 0.6 is 0 Å². The van der Waals surface area contributed by atoms with E-state index in [4.69, 9.17) is 0 Å². The molecule has 0 spiro atoms. The average Bonchev–Trinajstić information content (AvgIpc) is 2.06. The van der Waals surface area contributed by atoms with Gasteiger partial charge in [-0.15, -0.1) is 0 Å². The maximum absolute atomic E-state index is 3.95. The highest BCUT2D eigenvalue weighted by atomic mass is 15.1. The van der Waals surface area contributed by atoms with Gasteiger partial charge in [0.25, 0.3) is 0 Å². The van der Waals surface area contributed by atoms with Crippen molar-refractivity contribution < 1.29 is 0 Å². The van der Waals surface area contributed by atoms with Gasteiger partial charge in [0.1, 0.15) is 0 Å². The minimum absolute atomic E-state index is 0.903. The third-order valence-corrected chi connectivity index (χ3v) is 1.65. The fraction of sp³-hybridized carbons (Fsp3) is 0. The molecule has 0 bridgehead atoms. The smallest absolute Gasteiger partial charge is 0.0932 e. The Hall–Kier alpha value is -1.44. The Morgan fingerprint density at radius 2 is 2.09 bits per heavy atom. The van der Waals surface area contributed by atoms with Gasteiger partial charge in [-0.25, -0.2) is 0 Å². The molecule has 0 aliphatic rings. The molecule has 0 unspecified atom stereocenters. The first-order valence-electron chi connectivity index (χ1n) is 3.40. The molecule has 0 N–H and O–H groups in total. The summed E-state index contributed by atoms with van der Waals surface area (Å²) in [7, 11) is 0. The van der Waals surface area contributed by atoms with E-state index in [2.05, 4.69) is 17.1 Å². The van der Waals surface area contributed by atoms with E-state index < -0.39 is 0 Å². The lowest BCUT2D eigenvalue weighted by Crippen LogP contribution is -1.83. The predicted octanol–water partition coefficient (Wildman–Crippen LogP) is 1.81. The molecule has 0 fully saturated rings. The van der Waals surface area contributed by atoms with Crippen molar-refractivity contribution in [2.75, 3.05) is 0 Å². The van der Waals surface area contributed by atoms with Crippen molar-refractivity contribution in [1.82, 2.24) is 10.2 Å². The fourth-order valence-electron chi connectivity index (χ4n) is 1.08. The largest absolute Gasteiger partial charge is 0.159 e. The molecule has 2 nitrogen and oxygen atoms in total. The highest BCUT2D eigenvalue weighted by Crippen LogP contribution is 2.13. The maximum atomic E-state index is 3.95. The van der Waals surface area contributed by atoms with Gasteiger partial charge in [-0.05, 0) is 24.6 Å². The number of fused-ring (bicyclic) bond motifs is 1. The van der Waals surface area contributed by atoms with Crippen LogP contribution in [-0.4, -0.2) is 10.2 Å². The molecule has 1 aromatic heterocycles. The summed E-state index contributed by atoms with van der Waals surface area (Å²) in [5, 5.41) is 8.80. The lowest BCUT2D eigenvalue weighted by atomic mass is 10.1. The summed E-state index contributed by atoms with van der Waals surface area (Å²) >= 11 is 0. The highest BCUT2D eigenvalue weighted by Gasteiger charge is 1.94. The summed E-state index contributed by atoms with van der Waals surface area (Å²) in [6.45, 7) is 3.88. The molecule has 0 saturated carbocycles. The number of hydrogen-bond donors (Lipinski definition) is 0. The zero-order valence-electron chi connectivity index (χ0n) is 5.99. The Kier molecular flexibility index (Phi) is 1.32. The van der Waals surface area contributed by atoms with Gasteiger partial charge in [0.2, 0.25) is 0 Å². The molecule has 2 heteroatoms. The Labute approximate surface area is 64.9 Å². The third-order valence-electron chi connectivity index (χ3n) is 1.65. The van der Waals surface area contributed by atoms with E-state index in [0.29, 0.717) is 0 Å². The van der Waals surface area contributed by atoms with Crippen molar-refractivity contribution in [1.29, 1.82) is 0 Å². The summed E-state index contributed by atoms with van der Waals surface area (Å²) in [6.07, 6.45) is 1.68. The zero-order chi connectivity index (χ0) is 7.68. The van der Waals surface area contributed by atoms with Crippen LogP contribution in [0.25, 0.3) is 10.9 Å². The van der Waals surface area contributed by atoms with E-state index in [0.717, 1.165) is 16.5 Å². The standard InChI is InChI=1S/C9H7N2/c1-7-3-2-4-9-8(7)5-6-10-11-9/h2-6H,1H2. The van der Waals surface area contributed by atoms with Crippen molar-refractivity contribution >= 4 is 10.9 Å². The van der Waals surface area contributed by atoms with Gasteiger partial charge in [-0.3, -0.25) is 0 Å². The number of aromatic nitrogens is 2. The predicted molar refractivity (Wildman–Crippen MR) is 44.0 cm³/mol. The van der Waals surface area contributed by atoms with E-state index in [1.165, 1.54) is 0 Å². The van der Waals surface area contributed by atoms with Crippen LogP contribution in [0.2, 0.25) is 0 Å². The molecule has 1 aromatic carbocycles. The number of hydrogen-bond acceptors (Lipinski definition) is 2. The van der Waals surface area contributed by atoms with Crippen LogP contribution < -0.4 is 0 Å². The average molecular weight is 143 g/mol. The molecule has 2 aromatic rings. The molecule has 2 rings (SSSR count). The van der Waals surface area contributed by atoms with Crippen LogP contribution in [0, 0.1) is 6.92 Å². The van der Waals surface area contributed by atoms with Crippen LogP contribution in [0.4, 0.5) is 0 Å². The Morgan fingerprint density at radius 1 is 1.18 bits per heavy atom. The van der Waals surface area contributed by atoms with Crippen molar-refractivity contribution in [3.63, 3.8) is 0 Å². The minimum Gasteiger partial charge on any atom is -0.159 e.